The molecule has 3 rings (SSSR count). The topological polar surface area (TPSA) is 73.9 Å². The number of hydrogen-bond donors (Lipinski definition) is 1. The Morgan fingerprint density at radius 2 is 1.89 bits per heavy atom. The van der Waals surface area contributed by atoms with E-state index in [9.17, 15) is 9.59 Å². The van der Waals surface area contributed by atoms with Crippen molar-refractivity contribution in [3.8, 4) is 11.5 Å². The number of benzene rings is 2. The Balaban J connectivity index is 1.68. The smallest absolute Gasteiger partial charge is 0.339 e. The van der Waals surface area contributed by atoms with E-state index in [0.29, 0.717) is 30.4 Å². The number of aryl methyl sites for hydroxylation is 2. The molecule has 0 aliphatic carbocycles. The molecule has 0 spiro atoms. The normalized spacial score (nSPS) is 13.6. The standard InChI is InChI=1S/C20H20ClNO5/c1-11-4-5-16(12(2)8-11)22-19(23)13(3)27-20(24)14-9-15(21)18-17(10-14)25-6-7-26-18/h4-5,8-10,13H,6-7H2,1-3H3,(H,22,23)/t13-/m1/s1. The Kier molecular flexibility index (Phi) is 5.56. The van der Waals surface area contributed by atoms with E-state index < -0.39 is 18.0 Å². The summed E-state index contributed by atoms with van der Waals surface area (Å²) < 4.78 is 16.1. The number of halogens is 1. The lowest BCUT2D eigenvalue weighted by Crippen LogP contribution is -2.30. The van der Waals surface area contributed by atoms with Crippen molar-refractivity contribution in [2.75, 3.05) is 18.5 Å². The molecule has 0 unspecified atom stereocenters. The van der Waals surface area contributed by atoms with Crippen molar-refractivity contribution in [1.82, 2.24) is 0 Å². The quantitative estimate of drug-likeness (QED) is 0.802. The maximum Gasteiger partial charge on any atom is 0.339 e. The van der Waals surface area contributed by atoms with E-state index in [0.717, 1.165) is 11.1 Å². The minimum Gasteiger partial charge on any atom is -0.486 e. The number of carbonyl (C=O) groups excluding carboxylic acids is 2. The Hall–Kier alpha value is -2.73. The van der Waals surface area contributed by atoms with Crippen LogP contribution in [0.1, 0.15) is 28.4 Å². The molecule has 1 aliphatic rings. The van der Waals surface area contributed by atoms with Crippen LogP contribution in [0.5, 0.6) is 11.5 Å². The molecule has 142 valence electrons. The zero-order valence-corrected chi connectivity index (χ0v) is 16.1. The monoisotopic (exact) mass is 389 g/mol. The van der Waals surface area contributed by atoms with E-state index in [1.807, 2.05) is 32.0 Å². The second-order valence-electron chi connectivity index (χ2n) is 6.34. The molecule has 2 aromatic carbocycles. The van der Waals surface area contributed by atoms with Crippen molar-refractivity contribution in [3.63, 3.8) is 0 Å². The lowest BCUT2D eigenvalue weighted by Gasteiger charge is -2.20. The summed E-state index contributed by atoms with van der Waals surface area (Å²) in [6.07, 6.45) is -0.981. The van der Waals surface area contributed by atoms with Crippen LogP contribution in [0.25, 0.3) is 0 Å². The molecule has 0 fully saturated rings. The van der Waals surface area contributed by atoms with Gasteiger partial charge in [-0.1, -0.05) is 29.3 Å². The van der Waals surface area contributed by atoms with E-state index in [4.69, 9.17) is 25.8 Å². The maximum atomic E-state index is 12.4. The summed E-state index contributed by atoms with van der Waals surface area (Å²) in [6.45, 7) is 6.15. The highest BCUT2D eigenvalue weighted by Crippen LogP contribution is 2.38. The number of anilines is 1. The Morgan fingerprint density at radius 3 is 2.63 bits per heavy atom. The van der Waals surface area contributed by atoms with Crippen molar-refractivity contribution < 1.29 is 23.8 Å². The van der Waals surface area contributed by atoms with Crippen LogP contribution in [-0.4, -0.2) is 31.2 Å². The molecule has 6 nitrogen and oxygen atoms in total. The number of ether oxygens (including phenoxy) is 3. The predicted molar refractivity (Wildman–Crippen MR) is 102 cm³/mol. The van der Waals surface area contributed by atoms with Gasteiger partial charge in [-0.2, -0.15) is 0 Å². The van der Waals surface area contributed by atoms with Crippen molar-refractivity contribution in [2.24, 2.45) is 0 Å². The van der Waals surface area contributed by atoms with Gasteiger partial charge in [0.15, 0.2) is 17.6 Å². The summed E-state index contributed by atoms with van der Waals surface area (Å²) in [5, 5.41) is 3.02. The van der Waals surface area contributed by atoms with Crippen molar-refractivity contribution in [2.45, 2.75) is 26.9 Å². The van der Waals surface area contributed by atoms with Gasteiger partial charge in [0.05, 0.1) is 10.6 Å². The van der Waals surface area contributed by atoms with Gasteiger partial charge < -0.3 is 19.5 Å². The van der Waals surface area contributed by atoms with E-state index in [1.54, 1.807) is 0 Å². The highest BCUT2D eigenvalue weighted by atomic mass is 35.5. The average Bonchev–Trinajstić information content (AvgIpc) is 2.63. The summed E-state index contributed by atoms with van der Waals surface area (Å²) in [4.78, 5) is 24.8. The fourth-order valence-electron chi connectivity index (χ4n) is 2.70. The van der Waals surface area contributed by atoms with Gasteiger partial charge in [-0.3, -0.25) is 4.79 Å². The lowest BCUT2D eigenvalue weighted by atomic mass is 10.1. The Bertz CT molecular complexity index is 896. The molecule has 2 aromatic rings. The summed E-state index contributed by atoms with van der Waals surface area (Å²) in [7, 11) is 0. The molecular weight excluding hydrogens is 370 g/mol. The molecule has 0 radical (unpaired) electrons. The average molecular weight is 390 g/mol. The molecule has 27 heavy (non-hydrogen) atoms. The van der Waals surface area contributed by atoms with Crippen LogP contribution in [-0.2, 0) is 9.53 Å². The third-order valence-corrected chi connectivity index (χ3v) is 4.41. The molecule has 0 saturated carbocycles. The number of fused-ring (bicyclic) bond motifs is 1. The van der Waals surface area contributed by atoms with Crippen LogP contribution in [0.2, 0.25) is 5.02 Å². The number of hydrogen-bond acceptors (Lipinski definition) is 5. The summed E-state index contributed by atoms with van der Waals surface area (Å²) in [5.41, 5.74) is 2.90. The highest BCUT2D eigenvalue weighted by Gasteiger charge is 2.23. The van der Waals surface area contributed by atoms with Gasteiger partial charge in [-0.25, -0.2) is 4.79 Å². The molecule has 1 atom stereocenters. The second-order valence-corrected chi connectivity index (χ2v) is 6.74. The van der Waals surface area contributed by atoms with Crippen molar-refractivity contribution in [3.05, 3.63) is 52.0 Å². The molecule has 1 aliphatic heterocycles. The zero-order valence-electron chi connectivity index (χ0n) is 15.3. The number of rotatable bonds is 4. The van der Waals surface area contributed by atoms with Crippen LogP contribution >= 0.6 is 11.6 Å². The van der Waals surface area contributed by atoms with Crippen LogP contribution < -0.4 is 14.8 Å². The van der Waals surface area contributed by atoms with Gasteiger partial charge in [-0.15, -0.1) is 0 Å². The summed E-state index contributed by atoms with van der Waals surface area (Å²) in [5.74, 6) is -0.302. The van der Waals surface area contributed by atoms with Gasteiger partial charge in [-0.05, 0) is 44.5 Å². The molecule has 1 N–H and O–H groups in total. The number of amides is 1. The molecule has 7 heteroatoms. The van der Waals surface area contributed by atoms with E-state index in [-0.39, 0.29) is 10.6 Å². The second kappa shape index (κ2) is 7.88. The first-order chi connectivity index (χ1) is 12.8. The zero-order chi connectivity index (χ0) is 19.6. The first kappa shape index (κ1) is 19.0. The molecule has 1 heterocycles. The van der Waals surface area contributed by atoms with Gasteiger partial charge in [0.1, 0.15) is 13.2 Å². The van der Waals surface area contributed by atoms with Crippen LogP contribution in [0.15, 0.2) is 30.3 Å². The van der Waals surface area contributed by atoms with Crippen LogP contribution in [0.3, 0.4) is 0 Å². The largest absolute Gasteiger partial charge is 0.486 e. The SMILES string of the molecule is Cc1ccc(NC(=O)[C@@H](C)OC(=O)c2cc(Cl)c3c(c2)OCCO3)c(C)c1. The minimum absolute atomic E-state index is 0.190. The first-order valence-electron chi connectivity index (χ1n) is 8.53. The fraction of sp³-hybridized carbons (Fsp3) is 0.300. The van der Waals surface area contributed by atoms with E-state index in [2.05, 4.69) is 5.32 Å². The van der Waals surface area contributed by atoms with Crippen LogP contribution in [0, 0.1) is 13.8 Å². The number of nitrogens with one attached hydrogen (secondary N) is 1. The van der Waals surface area contributed by atoms with Gasteiger partial charge in [0, 0.05) is 5.69 Å². The summed E-state index contributed by atoms with van der Waals surface area (Å²) in [6, 6.07) is 8.61. The molecule has 0 bridgehead atoms. The third kappa shape index (κ3) is 4.34. The summed E-state index contributed by atoms with van der Waals surface area (Å²) >= 11 is 6.14. The van der Waals surface area contributed by atoms with Gasteiger partial charge in [0.25, 0.3) is 5.91 Å². The minimum atomic E-state index is -0.981. The van der Waals surface area contributed by atoms with E-state index in [1.165, 1.54) is 19.1 Å². The number of carbonyl (C=O) groups is 2. The van der Waals surface area contributed by atoms with E-state index >= 15 is 0 Å². The number of esters is 1. The fourth-order valence-corrected chi connectivity index (χ4v) is 2.96. The van der Waals surface area contributed by atoms with Gasteiger partial charge >= 0.3 is 5.97 Å². The van der Waals surface area contributed by atoms with Crippen molar-refractivity contribution >= 4 is 29.2 Å². The predicted octanol–water partition coefficient (Wildman–Crippen LogP) is 3.91. The molecular formula is C20H20ClNO5. The lowest BCUT2D eigenvalue weighted by molar-refractivity contribution is -0.123. The van der Waals surface area contributed by atoms with Crippen LogP contribution in [0.4, 0.5) is 5.69 Å². The Morgan fingerprint density at radius 1 is 1.15 bits per heavy atom. The maximum absolute atomic E-state index is 12.4. The third-order valence-electron chi connectivity index (χ3n) is 4.13. The Labute approximate surface area is 162 Å². The van der Waals surface area contributed by atoms with Gasteiger partial charge in [0.2, 0.25) is 0 Å². The molecule has 0 aromatic heterocycles. The molecule has 1 amide bonds. The molecule has 0 saturated heterocycles. The van der Waals surface area contributed by atoms with Crippen molar-refractivity contribution in [1.29, 1.82) is 0 Å². The first-order valence-corrected chi connectivity index (χ1v) is 8.91. The highest BCUT2D eigenvalue weighted by molar-refractivity contribution is 6.32.